The second-order valence-electron chi connectivity index (χ2n) is 9.70. The maximum Gasteiger partial charge on any atom is 0.311 e. The Bertz CT molecular complexity index is 1410. The topological polar surface area (TPSA) is 118 Å². The van der Waals surface area contributed by atoms with Gasteiger partial charge in [0.2, 0.25) is 0 Å². The largest absolute Gasteiger partial charge is 0.487 e. The average molecular weight is 684 g/mol. The number of nitro groups is 1. The van der Waals surface area contributed by atoms with Gasteiger partial charge in [-0.25, -0.2) is 4.99 Å². The van der Waals surface area contributed by atoms with E-state index in [-0.39, 0.29) is 28.4 Å². The first-order valence-electron chi connectivity index (χ1n) is 13.6. The van der Waals surface area contributed by atoms with E-state index in [0.29, 0.717) is 82.0 Å². The van der Waals surface area contributed by atoms with E-state index in [4.69, 9.17) is 42.2 Å². The molecule has 1 aromatic heterocycles. The number of anilines is 1. The molecule has 1 N–H and O–H groups in total. The molecular formula is C28H33BrCl2N6O5. The van der Waals surface area contributed by atoms with Crippen molar-refractivity contribution in [3.63, 3.8) is 0 Å². The number of fused-ring (bicyclic) bond motifs is 1. The molecule has 0 aliphatic carbocycles. The maximum atomic E-state index is 11.4. The lowest BCUT2D eigenvalue weighted by Gasteiger charge is -2.38. The number of benzene rings is 2. The molecule has 0 radical (unpaired) electrons. The molecule has 226 valence electrons. The lowest BCUT2D eigenvalue weighted by Crippen LogP contribution is -2.53. The van der Waals surface area contributed by atoms with Crippen LogP contribution in [0, 0.1) is 10.1 Å². The fourth-order valence-corrected chi connectivity index (χ4v) is 5.46. The molecule has 1 saturated heterocycles. The summed E-state index contributed by atoms with van der Waals surface area (Å²) in [5, 5.41) is 20.4. The van der Waals surface area contributed by atoms with E-state index in [1.165, 1.54) is 6.07 Å². The molecule has 0 saturated carbocycles. The van der Waals surface area contributed by atoms with Gasteiger partial charge < -0.3 is 29.1 Å². The number of nitrogens with zero attached hydrogens (tertiary/aromatic N) is 5. The van der Waals surface area contributed by atoms with E-state index in [1.54, 1.807) is 18.2 Å². The molecule has 0 unspecified atom stereocenters. The first-order valence-corrected chi connectivity index (χ1v) is 14.4. The van der Waals surface area contributed by atoms with Crippen molar-refractivity contribution in [1.29, 1.82) is 0 Å². The quantitative estimate of drug-likeness (QED) is 0.136. The highest BCUT2D eigenvalue weighted by Gasteiger charge is 2.24. The summed E-state index contributed by atoms with van der Waals surface area (Å²) >= 11 is 12.4. The van der Waals surface area contributed by atoms with E-state index in [2.05, 4.69) is 20.3 Å². The van der Waals surface area contributed by atoms with Crippen molar-refractivity contribution >= 4 is 57.5 Å². The number of aliphatic imine (C=N–C) groups is 1. The minimum atomic E-state index is -0.420. The predicted molar refractivity (Wildman–Crippen MR) is 168 cm³/mol. The monoisotopic (exact) mass is 682 g/mol. The van der Waals surface area contributed by atoms with Crippen molar-refractivity contribution in [2.45, 2.75) is 32.9 Å². The van der Waals surface area contributed by atoms with Gasteiger partial charge in [0, 0.05) is 72.6 Å². The third kappa shape index (κ3) is 7.66. The summed E-state index contributed by atoms with van der Waals surface area (Å²) in [5.41, 5.74) is 3.62. The van der Waals surface area contributed by atoms with E-state index in [1.807, 2.05) is 19.1 Å². The predicted octanol–water partition coefficient (Wildman–Crippen LogP) is 5.45. The summed E-state index contributed by atoms with van der Waals surface area (Å²) in [6.07, 6.45) is 1.42. The second kappa shape index (κ2) is 14.9. The Labute approximate surface area is 264 Å². The van der Waals surface area contributed by atoms with Crippen LogP contribution < -0.4 is 15.0 Å². The minimum absolute atomic E-state index is 0. The van der Waals surface area contributed by atoms with Crippen molar-refractivity contribution in [2.24, 2.45) is 4.99 Å². The van der Waals surface area contributed by atoms with Gasteiger partial charge in [0.25, 0.3) is 0 Å². The van der Waals surface area contributed by atoms with Crippen LogP contribution in [0.15, 0.2) is 45.9 Å². The van der Waals surface area contributed by atoms with Crippen LogP contribution >= 0.6 is 40.2 Å². The van der Waals surface area contributed by atoms with Crippen molar-refractivity contribution in [2.75, 3.05) is 50.8 Å². The SMILES string of the molecule is Br.CCOc1cc(N2CCN(C(=NCc3noc4c3COCC4)NCCc3ccc(Cl)cc3Cl)CC2)ccc1[N+](=O)[O-]. The molecule has 5 rings (SSSR count). The normalized spacial score (nSPS) is 15.2. The number of rotatable bonds is 9. The van der Waals surface area contributed by atoms with Gasteiger partial charge in [0.1, 0.15) is 11.5 Å². The summed E-state index contributed by atoms with van der Waals surface area (Å²) in [5.74, 6) is 1.92. The molecule has 1 fully saturated rings. The summed E-state index contributed by atoms with van der Waals surface area (Å²) in [6, 6.07) is 10.5. The van der Waals surface area contributed by atoms with Gasteiger partial charge in [-0.3, -0.25) is 10.1 Å². The first kappa shape index (κ1) is 31.9. The molecule has 2 aromatic carbocycles. The maximum absolute atomic E-state index is 11.4. The van der Waals surface area contributed by atoms with Crippen molar-refractivity contribution in [3.8, 4) is 5.75 Å². The summed E-state index contributed by atoms with van der Waals surface area (Å²) < 4.78 is 16.7. The number of nitro benzene ring substituents is 1. The molecular weight excluding hydrogens is 651 g/mol. The molecule has 0 amide bonds. The van der Waals surface area contributed by atoms with Crippen molar-refractivity contribution < 1.29 is 18.9 Å². The highest BCUT2D eigenvalue weighted by molar-refractivity contribution is 8.93. The summed E-state index contributed by atoms with van der Waals surface area (Å²) in [4.78, 5) is 20.3. The molecule has 2 aliphatic rings. The molecule has 42 heavy (non-hydrogen) atoms. The Hall–Kier alpha value is -3.06. The fourth-order valence-electron chi connectivity index (χ4n) is 4.95. The second-order valence-corrected chi connectivity index (χ2v) is 10.5. The molecule has 14 heteroatoms. The Kier molecular flexibility index (Phi) is 11.3. The van der Waals surface area contributed by atoms with Crippen molar-refractivity contribution in [3.05, 3.63) is 79.1 Å². The lowest BCUT2D eigenvalue weighted by molar-refractivity contribution is -0.385. The number of hydrogen-bond donors (Lipinski definition) is 1. The number of piperazine rings is 1. The summed E-state index contributed by atoms with van der Waals surface area (Å²) in [7, 11) is 0. The van der Waals surface area contributed by atoms with Gasteiger partial charge in [0.15, 0.2) is 11.7 Å². The number of aromatic nitrogens is 1. The number of nitrogens with one attached hydrogen (secondary N) is 1. The van der Waals surface area contributed by atoms with Gasteiger partial charge in [-0.2, -0.15) is 0 Å². The molecule has 3 aromatic rings. The Morgan fingerprint density at radius 3 is 2.74 bits per heavy atom. The smallest absolute Gasteiger partial charge is 0.311 e. The zero-order chi connectivity index (χ0) is 28.8. The van der Waals surface area contributed by atoms with E-state index in [9.17, 15) is 10.1 Å². The average Bonchev–Trinajstić information content (AvgIpc) is 3.39. The zero-order valence-corrected chi connectivity index (χ0v) is 26.4. The fraction of sp³-hybridized carbons (Fsp3) is 0.429. The van der Waals surface area contributed by atoms with Gasteiger partial charge >= 0.3 is 5.69 Å². The number of halogens is 3. The molecule has 11 nitrogen and oxygen atoms in total. The van der Waals surface area contributed by atoms with Crippen LogP contribution in [0.5, 0.6) is 5.75 Å². The molecule has 0 spiro atoms. The van der Waals surface area contributed by atoms with Gasteiger partial charge in [-0.1, -0.05) is 34.4 Å². The van der Waals surface area contributed by atoms with Gasteiger partial charge in [0.05, 0.1) is 31.3 Å². The van der Waals surface area contributed by atoms with Crippen LogP contribution in [0.2, 0.25) is 10.0 Å². The van der Waals surface area contributed by atoms with Crippen LogP contribution in [0.4, 0.5) is 11.4 Å². The minimum Gasteiger partial charge on any atom is -0.487 e. The Morgan fingerprint density at radius 2 is 2.00 bits per heavy atom. The zero-order valence-electron chi connectivity index (χ0n) is 23.2. The number of hydrogen-bond acceptors (Lipinski definition) is 8. The van der Waals surface area contributed by atoms with E-state index >= 15 is 0 Å². The van der Waals surface area contributed by atoms with Crippen LogP contribution in [0.3, 0.4) is 0 Å². The van der Waals surface area contributed by atoms with Crippen LogP contribution in [0.1, 0.15) is 29.5 Å². The Balaban J connectivity index is 0.00000405. The first-order chi connectivity index (χ1) is 19.9. The van der Waals surface area contributed by atoms with Crippen molar-refractivity contribution in [1.82, 2.24) is 15.4 Å². The number of ether oxygens (including phenoxy) is 2. The van der Waals surface area contributed by atoms with E-state index < -0.39 is 4.92 Å². The molecule has 0 atom stereocenters. The van der Waals surface area contributed by atoms with Gasteiger partial charge in [-0.15, -0.1) is 17.0 Å². The van der Waals surface area contributed by atoms with E-state index in [0.717, 1.165) is 34.2 Å². The molecule has 2 aliphatic heterocycles. The highest BCUT2D eigenvalue weighted by atomic mass is 79.9. The van der Waals surface area contributed by atoms with Crippen LogP contribution in [-0.2, 0) is 30.7 Å². The van der Waals surface area contributed by atoms with Gasteiger partial charge in [-0.05, 0) is 37.1 Å². The molecule has 3 heterocycles. The lowest BCUT2D eigenvalue weighted by atomic mass is 10.1. The highest BCUT2D eigenvalue weighted by Crippen LogP contribution is 2.32. The van der Waals surface area contributed by atoms with Crippen LogP contribution in [0.25, 0.3) is 0 Å². The van der Waals surface area contributed by atoms with Crippen LogP contribution in [-0.4, -0.2) is 66.9 Å². The Morgan fingerprint density at radius 1 is 1.19 bits per heavy atom. The third-order valence-electron chi connectivity index (χ3n) is 7.13. The standard InChI is InChI=1S/C28H32Cl2N6O5.BrH/c1-2-40-27-16-21(5-6-25(27)36(37)38)34-10-12-35(13-11-34)28(31-9-7-19-3-4-20(29)15-23(19)30)32-17-24-22-18-39-14-8-26(22)41-33-24;/h3-6,15-16H,2,7-14,17-18H2,1H3,(H,31,32);1H. The molecule has 0 bridgehead atoms. The third-order valence-corrected chi connectivity index (χ3v) is 7.71. The number of guanidine groups is 1. The summed E-state index contributed by atoms with van der Waals surface area (Å²) in [6.45, 7) is 7.10.